The highest BCUT2D eigenvalue weighted by atomic mass is 35.5. The molecule has 0 radical (unpaired) electrons. The van der Waals surface area contributed by atoms with Crippen molar-refractivity contribution in [3.8, 4) is 11.3 Å². The van der Waals surface area contributed by atoms with E-state index in [9.17, 15) is 4.39 Å². The summed E-state index contributed by atoms with van der Waals surface area (Å²) in [5.41, 5.74) is 6.89. The molecule has 37 heavy (non-hydrogen) atoms. The van der Waals surface area contributed by atoms with E-state index in [1.54, 1.807) is 12.3 Å². The zero-order valence-corrected chi connectivity index (χ0v) is 23.3. The molecule has 4 heterocycles. The van der Waals surface area contributed by atoms with Gasteiger partial charge in [0.1, 0.15) is 5.82 Å². The van der Waals surface area contributed by atoms with Crippen molar-refractivity contribution in [1.29, 1.82) is 0 Å². The molecule has 2 aliphatic heterocycles. The number of rotatable bonds is 7. The van der Waals surface area contributed by atoms with E-state index in [0.717, 1.165) is 62.7 Å². The zero-order chi connectivity index (χ0) is 25.9. The summed E-state index contributed by atoms with van der Waals surface area (Å²) in [6.07, 6.45) is 12.4. The van der Waals surface area contributed by atoms with Gasteiger partial charge in [-0.1, -0.05) is 30.9 Å². The molecule has 5 rings (SSSR count). The summed E-state index contributed by atoms with van der Waals surface area (Å²) in [6, 6.07) is 5.47. The molecule has 0 spiro atoms. The van der Waals surface area contributed by atoms with Crippen LogP contribution in [0.2, 0.25) is 5.02 Å². The predicted molar refractivity (Wildman–Crippen MR) is 154 cm³/mol. The molecular weight excluding hydrogens is 509 g/mol. The Bertz CT molecular complexity index is 966. The molecule has 0 bridgehead atoms. The molecule has 1 aliphatic carbocycles. The Morgan fingerprint density at radius 3 is 2.49 bits per heavy atom. The Hall–Kier alpha value is -1.61. The van der Waals surface area contributed by atoms with Crippen molar-refractivity contribution in [2.75, 3.05) is 48.4 Å². The van der Waals surface area contributed by atoms with Crippen LogP contribution in [0.15, 0.2) is 24.4 Å². The fourth-order valence-electron chi connectivity index (χ4n) is 5.06. The van der Waals surface area contributed by atoms with E-state index in [2.05, 4.69) is 32.4 Å². The van der Waals surface area contributed by atoms with Gasteiger partial charge in [-0.3, -0.25) is 0 Å². The highest BCUT2D eigenvalue weighted by Gasteiger charge is 2.17. The van der Waals surface area contributed by atoms with Crippen molar-refractivity contribution in [2.45, 2.75) is 63.8 Å². The molecule has 0 unspecified atom stereocenters. The quantitative estimate of drug-likeness (QED) is 0.358. The Morgan fingerprint density at radius 2 is 1.78 bits per heavy atom. The number of nitrogens with one attached hydrogen (secondary N) is 2. The maximum atomic E-state index is 14.3. The normalized spacial score (nSPS) is 19.6. The summed E-state index contributed by atoms with van der Waals surface area (Å²) in [5, 5.41) is 7.20. The van der Waals surface area contributed by atoms with Crippen LogP contribution in [0.1, 0.15) is 57.8 Å². The number of ether oxygens (including phenoxy) is 1. The van der Waals surface area contributed by atoms with Crippen molar-refractivity contribution in [2.24, 2.45) is 17.6 Å². The van der Waals surface area contributed by atoms with Gasteiger partial charge in [0.25, 0.3) is 0 Å². The lowest BCUT2D eigenvalue weighted by molar-refractivity contribution is 0.0699. The van der Waals surface area contributed by atoms with Crippen LogP contribution in [-0.4, -0.2) is 53.8 Å². The van der Waals surface area contributed by atoms with E-state index in [-0.39, 0.29) is 11.6 Å². The summed E-state index contributed by atoms with van der Waals surface area (Å²) < 4.78 is 19.7. The second-order valence-electron chi connectivity index (χ2n) is 10.3. The number of halogens is 2. The molecule has 0 amide bonds. The van der Waals surface area contributed by atoms with Crippen LogP contribution in [0, 0.1) is 17.7 Å². The fraction of sp³-hybridized carbons (Fsp3) is 0.643. The van der Waals surface area contributed by atoms with Crippen molar-refractivity contribution < 1.29 is 9.13 Å². The first-order valence-electron chi connectivity index (χ1n) is 13.8. The molecule has 1 saturated carbocycles. The third-order valence-corrected chi connectivity index (χ3v) is 8.86. The molecule has 6 nitrogen and oxygen atoms in total. The molecule has 4 N–H and O–H groups in total. The molecule has 2 saturated heterocycles. The molecule has 9 heteroatoms. The Labute approximate surface area is 230 Å². The molecule has 2 aromatic rings. The summed E-state index contributed by atoms with van der Waals surface area (Å²) >= 11 is 8.46. The molecule has 2 aromatic heterocycles. The standard InChI is InChI=1S/C22H28ClFN4O.C6H13NS/c23-18-14-25-21(27-16-4-2-1-3-5-16)12-17(18)20-7-6-19(24)22(28-20)26-13-15-8-10-29-11-9-15;7-5-6-1-3-8-4-2-6/h6-7,12,14-16H,1-5,8-11,13H2,(H,25,27)(H,26,28);6H,1-5,7H2. The van der Waals surface area contributed by atoms with E-state index in [1.165, 1.54) is 49.7 Å². The lowest BCUT2D eigenvalue weighted by atomic mass is 9.95. The lowest BCUT2D eigenvalue weighted by Crippen LogP contribution is -2.23. The van der Waals surface area contributed by atoms with Gasteiger partial charge in [-0.25, -0.2) is 14.4 Å². The highest BCUT2D eigenvalue weighted by molar-refractivity contribution is 7.99. The third-order valence-electron chi connectivity index (χ3n) is 7.51. The van der Waals surface area contributed by atoms with Crippen molar-refractivity contribution in [3.63, 3.8) is 0 Å². The minimum atomic E-state index is -0.355. The van der Waals surface area contributed by atoms with E-state index < -0.39 is 0 Å². The SMILES string of the molecule is Fc1ccc(-c2cc(NC3CCCCC3)ncc2Cl)nc1NCC1CCOCC1.NCC1CCSCC1. The minimum Gasteiger partial charge on any atom is -0.381 e. The number of aromatic nitrogens is 2. The first-order valence-corrected chi connectivity index (χ1v) is 15.3. The third kappa shape index (κ3) is 8.98. The number of hydrogen-bond donors (Lipinski definition) is 3. The van der Waals surface area contributed by atoms with Gasteiger partial charge in [0.2, 0.25) is 0 Å². The summed E-state index contributed by atoms with van der Waals surface area (Å²) in [4.78, 5) is 8.94. The Kier molecular flexibility index (Phi) is 11.6. The van der Waals surface area contributed by atoms with Crippen LogP contribution in [0.5, 0.6) is 0 Å². The van der Waals surface area contributed by atoms with Crippen LogP contribution in [-0.2, 0) is 4.74 Å². The van der Waals surface area contributed by atoms with E-state index in [1.807, 2.05) is 6.07 Å². The second-order valence-corrected chi connectivity index (χ2v) is 11.9. The summed E-state index contributed by atoms with van der Waals surface area (Å²) in [6.45, 7) is 3.13. The van der Waals surface area contributed by atoms with Crippen LogP contribution in [0.4, 0.5) is 16.0 Å². The highest BCUT2D eigenvalue weighted by Crippen LogP contribution is 2.31. The molecule has 3 aliphatic rings. The smallest absolute Gasteiger partial charge is 0.165 e. The molecule has 204 valence electrons. The average Bonchev–Trinajstić information content (AvgIpc) is 2.95. The predicted octanol–water partition coefficient (Wildman–Crippen LogP) is 6.61. The van der Waals surface area contributed by atoms with E-state index >= 15 is 0 Å². The monoisotopic (exact) mass is 549 g/mol. The average molecular weight is 550 g/mol. The number of nitrogens with zero attached hydrogens (tertiary/aromatic N) is 2. The first kappa shape index (κ1) is 28.4. The van der Waals surface area contributed by atoms with Gasteiger partial charge >= 0.3 is 0 Å². The summed E-state index contributed by atoms with van der Waals surface area (Å²) in [5.74, 6) is 4.69. The van der Waals surface area contributed by atoms with Crippen LogP contribution in [0.3, 0.4) is 0 Å². The van der Waals surface area contributed by atoms with Crippen molar-refractivity contribution in [1.82, 2.24) is 9.97 Å². The topological polar surface area (TPSA) is 85.1 Å². The minimum absolute atomic E-state index is 0.267. The Balaban J connectivity index is 0.000000342. The molecule has 3 fully saturated rings. The van der Waals surface area contributed by atoms with Crippen LogP contribution < -0.4 is 16.4 Å². The number of thioether (sulfide) groups is 1. The van der Waals surface area contributed by atoms with Gasteiger partial charge in [0.05, 0.1) is 10.7 Å². The second kappa shape index (κ2) is 15.1. The van der Waals surface area contributed by atoms with Gasteiger partial charge in [-0.2, -0.15) is 11.8 Å². The number of hydrogen-bond acceptors (Lipinski definition) is 7. The maximum absolute atomic E-state index is 14.3. The molecule has 0 aromatic carbocycles. The number of anilines is 2. The number of nitrogens with two attached hydrogens (primary N) is 1. The van der Waals surface area contributed by atoms with Crippen LogP contribution in [0.25, 0.3) is 11.3 Å². The lowest BCUT2D eigenvalue weighted by Gasteiger charge is -2.23. The van der Waals surface area contributed by atoms with Gasteiger partial charge < -0.3 is 21.1 Å². The Morgan fingerprint density at radius 1 is 1.03 bits per heavy atom. The first-order chi connectivity index (χ1) is 18.1. The van der Waals surface area contributed by atoms with Crippen molar-refractivity contribution >= 4 is 35.0 Å². The van der Waals surface area contributed by atoms with Crippen molar-refractivity contribution in [3.05, 3.63) is 35.2 Å². The maximum Gasteiger partial charge on any atom is 0.165 e. The number of pyridine rings is 2. The fourth-order valence-corrected chi connectivity index (χ4v) is 6.46. The van der Waals surface area contributed by atoms with E-state index in [4.69, 9.17) is 22.1 Å². The summed E-state index contributed by atoms with van der Waals surface area (Å²) in [7, 11) is 0. The van der Waals surface area contributed by atoms with Gasteiger partial charge in [-0.15, -0.1) is 0 Å². The largest absolute Gasteiger partial charge is 0.381 e. The molecular formula is C28H41ClFN5OS. The zero-order valence-electron chi connectivity index (χ0n) is 21.7. The van der Waals surface area contributed by atoms with Crippen LogP contribution >= 0.6 is 23.4 Å². The van der Waals surface area contributed by atoms with Gasteiger partial charge in [0, 0.05) is 37.6 Å². The molecule has 0 atom stereocenters. The van der Waals surface area contributed by atoms with Gasteiger partial charge in [0.15, 0.2) is 11.6 Å². The van der Waals surface area contributed by atoms with Gasteiger partial charge in [-0.05, 0) is 86.6 Å². The van der Waals surface area contributed by atoms with E-state index in [0.29, 0.717) is 29.2 Å².